The van der Waals surface area contributed by atoms with Crippen LogP contribution < -0.4 is 9.64 Å². The predicted octanol–water partition coefficient (Wildman–Crippen LogP) is 5.26. The lowest BCUT2D eigenvalue weighted by molar-refractivity contribution is 0.340. The topological polar surface area (TPSA) is 72.6 Å². The van der Waals surface area contributed by atoms with E-state index in [2.05, 4.69) is 4.98 Å². The Morgan fingerprint density at radius 1 is 1.03 bits per heavy atom. The van der Waals surface area contributed by atoms with E-state index in [9.17, 15) is 8.42 Å². The molecule has 2 aromatic carbocycles. The van der Waals surface area contributed by atoms with Crippen molar-refractivity contribution < 1.29 is 17.6 Å². The van der Waals surface area contributed by atoms with Gasteiger partial charge in [-0.2, -0.15) is 4.98 Å². The molecule has 1 fully saturated rings. The first-order valence-electron chi connectivity index (χ1n) is 10.8. The SMILES string of the molecule is CCOc1ccc(S(=O)(=O)c2nc(-c3cccc(C)c3)oc2N2CCCCCC2)cc1. The van der Waals surface area contributed by atoms with E-state index >= 15 is 0 Å². The van der Waals surface area contributed by atoms with Crippen LogP contribution in [0.3, 0.4) is 0 Å². The molecule has 2 heterocycles. The summed E-state index contributed by atoms with van der Waals surface area (Å²) in [6, 6.07) is 14.2. The number of rotatable bonds is 6. The average molecular weight is 441 g/mol. The minimum absolute atomic E-state index is 0.0185. The van der Waals surface area contributed by atoms with Gasteiger partial charge in [-0.3, -0.25) is 0 Å². The molecule has 6 nitrogen and oxygen atoms in total. The van der Waals surface area contributed by atoms with Crippen LogP contribution in [0.4, 0.5) is 5.88 Å². The third-order valence-electron chi connectivity index (χ3n) is 5.44. The molecule has 0 spiro atoms. The fourth-order valence-corrected chi connectivity index (χ4v) is 5.16. The number of aromatic nitrogens is 1. The summed E-state index contributed by atoms with van der Waals surface area (Å²) >= 11 is 0. The molecule has 0 radical (unpaired) electrons. The van der Waals surface area contributed by atoms with Gasteiger partial charge in [0.2, 0.25) is 26.6 Å². The summed E-state index contributed by atoms with van der Waals surface area (Å²) in [6.07, 6.45) is 4.28. The highest BCUT2D eigenvalue weighted by Crippen LogP contribution is 2.36. The van der Waals surface area contributed by atoms with Crippen LogP contribution >= 0.6 is 0 Å². The van der Waals surface area contributed by atoms with Crippen LogP contribution in [0.2, 0.25) is 0 Å². The fraction of sp³-hybridized carbons (Fsp3) is 0.375. The summed E-state index contributed by atoms with van der Waals surface area (Å²) in [5.74, 6) is 1.30. The number of aryl methyl sites for hydroxylation is 1. The highest BCUT2D eigenvalue weighted by molar-refractivity contribution is 7.91. The Morgan fingerprint density at radius 3 is 2.39 bits per heavy atom. The Labute approximate surface area is 183 Å². The lowest BCUT2D eigenvalue weighted by Crippen LogP contribution is -2.25. The van der Waals surface area contributed by atoms with Crippen molar-refractivity contribution in [3.8, 4) is 17.2 Å². The fourth-order valence-electron chi connectivity index (χ4n) is 3.84. The van der Waals surface area contributed by atoms with Crippen LogP contribution in [-0.4, -0.2) is 33.1 Å². The van der Waals surface area contributed by atoms with Crippen molar-refractivity contribution in [2.45, 2.75) is 49.5 Å². The molecule has 31 heavy (non-hydrogen) atoms. The molecule has 0 unspecified atom stereocenters. The largest absolute Gasteiger partial charge is 0.494 e. The molecule has 1 aliphatic heterocycles. The van der Waals surface area contributed by atoms with E-state index in [0.717, 1.165) is 49.9 Å². The molecule has 0 saturated carbocycles. The van der Waals surface area contributed by atoms with Crippen LogP contribution in [0.15, 0.2) is 62.9 Å². The van der Waals surface area contributed by atoms with Crippen LogP contribution in [0.25, 0.3) is 11.5 Å². The molecule has 4 rings (SSSR count). The number of benzene rings is 2. The zero-order chi connectivity index (χ0) is 21.8. The molecule has 1 saturated heterocycles. The van der Waals surface area contributed by atoms with E-state index in [1.807, 2.05) is 43.0 Å². The maximum absolute atomic E-state index is 13.6. The molecule has 1 aliphatic rings. The van der Waals surface area contributed by atoms with E-state index in [1.165, 1.54) is 0 Å². The second-order valence-electron chi connectivity index (χ2n) is 7.81. The Kier molecular flexibility index (Phi) is 6.32. The number of oxazole rings is 1. The van der Waals surface area contributed by atoms with Gasteiger partial charge in [0, 0.05) is 18.7 Å². The minimum atomic E-state index is -3.86. The Balaban J connectivity index is 1.80. The molecular formula is C24H28N2O4S. The first-order valence-corrected chi connectivity index (χ1v) is 12.3. The van der Waals surface area contributed by atoms with E-state index in [0.29, 0.717) is 24.1 Å². The van der Waals surface area contributed by atoms with Crippen LogP contribution in [0, 0.1) is 6.92 Å². The number of hydrogen-bond donors (Lipinski definition) is 0. The maximum Gasteiger partial charge on any atom is 0.236 e. The Morgan fingerprint density at radius 2 is 1.74 bits per heavy atom. The van der Waals surface area contributed by atoms with Crippen molar-refractivity contribution in [2.75, 3.05) is 24.6 Å². The first kappa shape index (κ1) is 21.4. The van der Waals surface area contributed by atoms with Crippen molar-refractivity contribution in [1.29, 1.82) is 0 Å². The second kappa shape index (κ2) is 9.14. The quantitative estimate of drug-likeness (QED) is 0.520. The van der Waals surface area contributed by atoms with Gasteiger partial charge in [-0.1, -0.05) is 30.5 Å². The summed E-state index contributed by atoms with van der Waals surface area (Å²) in [4.78, 5) is 6.71. The number of ether oxygens (including phenoxy) is 1. The summed E-state index contributed by atoms with van der Waals surface area (Å²) in [6.45, 7) is 5.91. The number of nitrogens with zero attached hydrogens (tertiary/aromatic N) is 2. The van der Waals surface area contributed by atoms with Gasteiger partial charge < -0.3 is 14.1 Å². The number of hydrogen-bond acceptors (Lipinski definition) is 6. The second-order valence-corrected chi connectivity index (χ2v) is 9.67. The van der Waals surface area contributed by atoms with Gasteiger partial charge in [-0.05, 0) is 63.1 Å². The van der Waals surface area contributed by atoms with Crippen LogP contribution in [0.1, 0.15) is 38.2 Å². The highest BCUT2D eigenvalue weighted by Gasteiger charge is 2.31. The van der Waals surface area contributed by atoms with E-state index in [4.69, 9.17) is 9.15 Å². The van der Waals surface area contributed by atoms with Gasteiger partial charge in [0.15, 0.2) is 0 Å². The molecule has 0 amide bonds. The Bertz CT molecular complexity index is 1130. The molecule has 0 aliphatic carbocycles. The van der Waals surface area contributed by atoms with Crippen molar-refractivity contribution in [1.82, 2.24) is 4.98 Å². The first-order chi connectivity index (χ1) is 15.0. The van der Waals surface area contributed by atoms with Gasteiger partial charge in [-0.15, -0.1) is 0 Å². The van der Waals surface area contributed by atoms with Crippen LogP contribution in [-0.2, 0) is 9.84 Å². The molecule has 0 atom stereocenters. The third-order valence-corrected chi connectivity index (χ3v) is 7.11. The van der Waals surface area contributed by atoms with Crippen molar-refractivity contribution in [3.05, 3.63) is 54.1 Å². The lowest BCUT2D eigenvalue weighted by Gasteiger charge is -2.20. The zero-order valence-electron chi connectivity index (χ0n) is 18.0. The highest BCUT2D eigenvalue weighted by atomic mass is 32.2. The molecule has 1 aromatic heterocycles. The minimum Gasteiger partial charge on any atom is -0.494 e. The van der Waals surface area contributed by atoms with Gasteiger partial charge >= 0.3 is 0 Å². The average Bonchev–Trinajstić information content (AvgIpc) is 3.05. The maximum atomic E-state index is 13.6. The molecular weight excluding hydrogens is 412 g/mol. The molecule has 164 valence electrons. The predicted molar refractivity (Wildman–Crippen MR) is 120 cm³/mol. The number of sulfone groups is 1. The molecule has 0 N–H and O–H groups in total. The standard InChI is InChI=1S/C24H28N2O4S/c1-3-29-20-11-13-21(14-12-20)31(27,28)23-24(26-15-6-4-5-7-16-26)30-22(25-23)19-10-8-9-18(2)17-19/h8-14,17H,3-7,15-16H2,1-2H3. The van der Waals surface area contributed by atoms with Crippen molar-refractivity contribution in [3.63, 3.8) is 0 Å². The van der Waals surface area contributed by atoms with Crippen molar-refractivity contribution in [2.24, 2.45) is 0 Å². The number of anilines is 1. The zero-order valence-corrected chi connectivity index (χ0v) is 18.8. The molecule has 7 heteroatoms. The van der Waals surface area contributed by atoms with Gasteiger partial charge in [0.05, 0.1) is 11.5 Å². The summed E-state index contributed by atoms with van der Waals surface area (Å²) in [7, 11) is -3.86. The van der Waals surface area contributed by atoms with Crippen LogP contribution in [0.5, 0.6) is 5.75 Å². The summed E-state index contributed by atoms with van der Waals surface area (Å²) in [5.41, 5.74) is 1.83. The van der Waals surface area contributed by atoms with E-state index in [-0.39, 0.29) is 9.92 Å². The summed E-state index contributed by atoms with van der Waals surface area (Å²) in [5, 5.41) is -0.0185. The molecule has 0 bridgehead atoms. The van der Waals surface area contributed by atoms with Gasteiger partial charge in [0.25, 0.3) is 0 Å². The van der Waals surface area contributed by atoms with Gasteiger partial charge in [-0.25, -0.2) is 8.42 Å². The van der Waals surface area contributed by atoms with E-state index < -0.39 is 9.84 Å². The molecule has 3 aromatic rings. The van der Waals surface area contributed by atoms with E-state index in [1.54, 1.807) is 24.3 Å². The Hall–Kier alpha value is -2.80. The lowest BCUT2D eigenvalue weighted by atomic mass is 10.1. The normalized spacial score (nSPS) is 15.0. The van der Waals surface area contributed by atoms with Crippen molar-refractivity contribution >= 4 is 15.7 Å². The summed E-state index contributed by atoms with van der Waals surface area (Å²) < 4.78 is 38.7. The monoisotopic (exact) mass is 440 g/mol. The van der Waals surface area contributed by atoms with Gasteiger partial charge in [0.1, 0.15) is 5.75 Å². The third kappa shape index (κ3) is 4.61. The smallest absolute Gasteiger partial charge is 0.236 e.